The van der Waals surface area contributed by atoms with Crippen LogP contribution in [0.15, 0.2) is 109 Å². The number of hydrogen-bond acceptors (Lipinski definition) is 5. The van der Waals surface area contributed by atoms with E-state index in [-0.39, 0.29) is 5.56 Å². The van der Waals surface area contributed by atoms with E-state index in [2.05, 4.69) is 29.3 Å². The molecule has 5 aromatic carbocycles. The lowest BCUT2D eigenvalue weighted by atomic mass is 9.99. The molecule has 3 heterocycles. The predicted octanol–water partition coefficient (Wildman–Crippen LogP) is 9.45. The van der Waals surface area contributed by atoms with E-state index < -0.39 is 11.7 Å². The van der Waals surface area contributed by atoms with Crippen LogP contribution in [0.3, 0.4) is 0 Å². The number of hydrogen-bond donors (Lipinski definition) is 0. The molecule has 8 aromatic rings. The second kappa shape index (κ2) is 11.1. The molecule has 8 rings (SSSR count). The minimum absolute atomic E-state index is 0.229. The van der Waals surface area contributed by atoms with Gasteiger partial charge in [0.15, 0.2) is 0 Å². The van der Waals surface area contributed by atoms with Crippen LogP contribution < -0.4 is 0 Å². The van der Waals surface area contributed by atoms with Crippen molar-refractivity contribution in [3.63, 3.8) is 0 Å². The maximum absolute atomic E-state index is 14.4. The Kier molecular flexibility index (Phi) is 6.65. The number of alkyl halides is 3. The first-order valence-electron chi connectivity index (χ1n) is 15.2. The van der Waals surface area contributed by atoms with Crippen LogP contribution in [0.25, 0.3) is 66.1 Å². The SMILES string of the molecule is N#Cc1ccc2c(c1)c1cc(C#N)ccc1n2-c1ccncc1-c1cc(C(F)(F)F)ccc1-n1c2ccc(C#N)cc2c2cc(C#N)ccc21. The normalized spacial score (nSPS) is 11.4. The highest BCUT2D eigenvalue weighted by Gasteiger charge is 2.32. The van der Waals surface area contributed by atoms with Crippen LogP contribution in [0, 0.1) is 45.3 Å². The number of nitriles is 4. The Labute approximate surface area is 281 Å². The molecular weight excluding hydrogens is 635 g/mol. The van der Waals surface area contributed by atoms with Crippen LogP contribution in [0.5, 0.6) is 0 Å². The van der Waals surface area contributed by atoms with Gasteiger partial charge in [0.2, 0.25) is 0 Å². The van der Waals surface area contributed by atoms with Crippen LogP contribution in [-0.2, 0) is 6.18 Å². The van der Waals surface area contributed by atoms with Gasteiger partial charge in [-0.2, -0.15) is 34.2 Å². The molecule has 0 spiro atoms. The molecule has 0 unspecified atom stereocenters. The van der Waals surface area contributed by atoms with Crippen molar-refractivity contribution in [1.82, 2.24) is 14.1 Å². The first-order valence-corrected chi connectivity index (χ1v) is 15.2. The summed E-state index contributed by atoms with van der Waals surface area (Å²) in [6.07, 6.45) is -1.58. The van der Waals surface area contributed by atoms with Gasteiger partial charge >= 0.3 is 6.18 Å². The van der Waals surface area contributed by atoms with Gasteiger partial charge in [-0.15, -0.1) is 0 Å². The first kappa shape index (κ1) is 30.0. The molecule has 50 heavy (non-hydrogen) atoms. The van der Waals surface area contributed by atoms with Gasteiger partial charge in [0, 0.05) is 45.1 Å². The fourth-order valence-corrected chi connectivity index (χ4v) is 6.76. The molecule has 0 fully saturated rings. The van der Waals surface area contributed by atoms with E-state index >= 15 is 0 Å². The molecule has 7 nitrogen and oxygen atoms in total. The highest BCUT2D eigenvalue weighted by atomic mass is 19.4. The highest BCUT2D eigenvalue weighted by Crippen LogP contribution is 2.43. The molecule has 0 atom stereocenters. The summed E-state index contributed by atoms with van der Waals surface area (Å²) in [5.41, 5.74) is 4.94. The number of pyridine rings is 1. The van der Waals surface area contributed by atoms with E-state index in [9.17, 15) is 34.2 Å². The number of rotatable bonds is 3. The minimum atomic E-state index is -4.66. The van der Waals surface area contributed by atoms with Crippen LogP contribution in [0.2, 0.25) is 0 Å². The maximum Gasteiger partial charge on any atom is 0.416 e. The second-order valence-electron chi connectivity index (χ2n) is 11.7. The standard InChI is InChI=1S/C40H18F3N7/c41-40(42,43)27-5-10-38(49-34-6-1-23(18-44)13-28(34)29-14-24(19-45)2-7-35(29)49)32(17-27)33-22-48-12-11-39(33)50-36-8-3-25(20-46)15-30(36)31-16-26(21-47)4-9-37(31)50/h1-17,22H. The molecule has 0 saturated carbocycles. The molecule has 234 valence electrons. The third-order valence-electron chi connectivity index (χ3n) is 8.94. The number of fused-ring (bicyclic) bond motifs is 6. The Hall–Kier alpha value is -7.40. The smallest absolute Gasteiger partial charge is 0.309 e. The molecule has 0 aliphatic heterocycles. The van der Waals surface area contributed by atoms with Crippen molar-refractivity contribution < 1.29 is 13.2 Å². The third-order valence-corrected chi connectivity index (χ3v) is 8.94. The zero-order chi connectivity index (χ0) is 34.7. The average Bonchev–Trinajstić information content (AvgIpc) is 3.64. The molecule has 0 aliphatic rings. The van der Waals surface area contributed by atoms with Gasteiger partial charge in [-0.05, 0) is 97.1 Å². The minimum Gasteiger partial charge on any atom is -0.309 e. The number of halogens is 3. The van der Waals surface area contributed by atoms with Gasteiger partial charge < -0.3 is 9.13 Å². The van der Waals surface area contributed by atoms with Crippen molar-refractivity contribution >= 4 is 43.6 Å². The van der Waals surface area contributed by atoms with Crippen molar-refractivity contribution in [2.75, 3.05) is 0 Å². The summed E-state index contributed by atoms with van der Waals surface area (Å²) in [7, 11) is 0. The predicted molar refractivity (Wildman–Crippen MR) is 182 cm³/mol. The quantitative estimate of drug-likeness (QED) is 0.188. The van der Waals surface area contributed by atoms with Gasteiger partial charge in [-0.25, -0.2) is 0 Å². The van der Waals surface area contributed by atoms with Gasteiger partial charge in [-0.1, -0.05) is 0 Å². The topological polar surface area (TPSA) is 118 Å². The Balaban J connectivity index is 1.50. The molecule has 0 amide bonds. The van der Waals surface area contributed by atoms with Crippen LogP contribution in [0.4, 0.5) is 13.2 Å². The van der Waals surface area contributed by atoms with Crippen LogP contribution >= 0.6 is 0 Å². The van der Waals surface area contributed by atoms with E-state index in [1.54, 1.807) is 85.1 Å². The van der Waals surface area contributed by atoms with Gasteiger partial charge in [0.25, 0.3) is 0 Å². The fourth-order valence-electron chi connectivity index (χ4n) is 6.76. The zero-order valence-corrected chi connectivity index (χ0v) is 25.7. The average molecular weight is 654 g/mol. The lowest BCUT2D eigenvalue weighted by molar-refractivity contribution is -0.137. The van der Waals surface area contributed by atoms with Gasteiger partial charge in [-0.3, -0.25) is 4.98 Å². The van der Waals surface area contributed by atoms with E-state index in [0.29, 0.717) is 82.8 Å². The van der Waals surface area contributed by atoms with Crippen molar-refractivity contribution in [3.05, 3.63) is 137 Å². The van der Waals surface area contributed by atoms with Crippen LogP contribution in [-0.4, -0.2) is 14.1 Å². The molecule has 0 N–H and O–H groups in total. The molecule has 0 radical (unpaired) electrons. The van der Waals surface area contributed by atoms with Crippen molar-refractivity contribution in [3.8, 4) is 46.8 Å². The van der Waals surface area contributed by atoms with Crippen molar-refractivity contribution in [1.29, 1.82) is 21.0 Å². The second-order valence-corrected chi connectivity index (χ2v) is 11.7. The number of aromatic nitrogens is 3. The summed E-state index contributed by atoms with van der Waals surface area (Å²) in [6.45, 7) is 0. The molecule has 0 bridgehead atoms. The van der Waals surface area contributed by atoms with Crippen LogP contribution in [0.1, 0.15) is 27.8 Å². The highest BCUT2D eigenvalue weighted by molar-refractivity contribution is 6.12. The van der Waals surface area contributed by atoms with E-state index in [1.807, 2.05) is 9.13 Å². The maximum atomic E-state index is 14.4. The van der Waals surface area contributed by atoms with Gasteiger partial charge in [0.05, 0.1) is 85.5 Å². The van der Waals surface area contributed by atoms with E-state index in [0.717, 1.165) is 12.1 Å². The Morgan fingerprint density at radius 1 is 0.480 bits per heavy atom. The summed E-state index contributed by atoms with van der Waals surface area (Å²) < 4.78 is 47.0. The van der Waals surface area contributed by atoms with E-state index in [1.165, 1.54) is 12.3 Å². The summed E-state index contributed by atoms with van der Waals surface area (Å²) in [5, 5.41) is 41.4. The summed E-state index contributed by atoms with van der Waals surface area (Å²) in [4.78, 5) is 4.37. The summed E-state index contributed by atoms with van der Waals surface area (Å²) >= 11 is 0. The van der Waals surface area contributed by atoms with Crippen molar-refractivity contribution in [2.24, 2.45) is 0 Å². The molecule has 0 aliphatic carbocycles. The third kappa shape index (κ3) is 4.53. The van der Waals surface area contributed by atoms with Crippen molar-refractivity contribution in [2.45, 2.75) is 6.18 Å². The Morgan fingerprint density at radius 2 is 0.880 bits per heavy atom. The summed E-state index contributed by atoms with van der Waals surface area (Å²) in [5.74, 6) is 0. The van der Waals surface area contributed by atoms with Gasteiger partial charge in [0.1, 0.15) is 0 Å². The summed E-state index contributed by atoms with van der Waals surface area (Å²) in [6, 6.07) is 34.4. The molecule has 3 aromatic heterocycles. The Bertz CT molecular complexity index is 2780. The monoisotopic (exact) mass is 653 g/mol. The number of nitrogens with zero attached hydrogens (tertiary/aromatic N) is 7. The fraction of sp³-hybridized carbons (Fsp3) is 0.0250. The largest absolute Gasteiger partial charge is 0.416 e. The molecule has 10 heteroatoms. The molecule has 0 saturated heterocycles. The molecular formula is C40H18F3N7. The lowest BCUT2D eigenvalue weighted by Crippen LogP contribution is -2.08. The number of benzene rings is 5. The Morgan fingerprint density at radius 3 is 1.26 bits per heavy atom. The van der Waals surface area contributed by atoms with E-state index in [4.69, 9.17) is 0 Å². The lowest BCUT2D eigenvalue weighted by Gasteiger charge is -2.19. The zero-order valence-electron chi connectivity index (χ0n) is 25.7. The first-order chi connectivity index (χ1) is 24.2.